The Labute approximate surface area is 184 Å². The lowest BCUT2D eigenvalue weighted by atomic mass is 9.94. The van der Waals surface area contributed by atoms with Gasteiger partial charge in [-0.2, -0.15) is 18.3 Å². The van der Waals surface area contributed by atoms with Gasteiger partial charge in [0.2, 0.25) is 5.88 Å². The summed E-state index contributed by atoms with van der Waals surface area (Å²) in [4.78, 5) is 17.2. The molecular weight excluding hydrogens is 457 g/mol. The lowest BCUT2D eigenvalue weighted by molar-refractivity contribution is -0.219. The molecule has 0 atom stereocenters. The molecule has 3 aromatic heterocycles. The van der Waals surface area contributed by atoms with Gasteiger partial charge < -0.3 is 4.74 Å². The Morgan fingerprint density at radius 3 is 2.68 bits per heavy atom. The quantitative estimate of drug-likeness (QED) is 0.390. The van der Waals surface area contributed by atoms with Gasteiger partial charge in [0.05, 0.1) is 21.6 Å². The topological polar surface area (TPSA) is 97.7 Å². The van der Waals surface area contributed by atoms with E-state index in [4.69, 9.17) is 16.3 Å². The maximum Gasteiger partial charge on any atom is 0.397 e. The van der Waals surface area contributed by atoms with Crippen LogP contribution in [0, 0.1) is 12.3 Å². The van der Waals surface area contributed by atoms with Crippen LogP contribution in [0.1, 0.15) is 29.9 Å². The monoisotopic (exact) mass is 474 g/mol. The molecular formula is C18H18ClF3N6O2S. The molecule has 13 heteroatoms. The van der Waals surface area contributed by atoms with E-state index in [-0.39, 0.29) is 22.4 Å². The van der Waals surface area contributed by atoms with Crippen molar-refractivity contribution in [2.45, 2.75) is 31.8 Å². The van der Waals surface area contributed by atoms with E-state index < -0.39 is 24.1 Å². The lowest BCUT2D eigenvalue weighted by Gasteiger charge is -2.26. The molecule has 0 radical (unpaired) electrons. The number of amides is 1. The number of rotatable bonds is 7. The van der Waals surface area contributed by atoms with Crippen molar-refractivity contribution in [2.75, 3.05) is 6.61 Å². The van der Waals surface area contributed by atoms with Gasteiger partial charge in [-0.05, 0) is 44.9 Å². The largest absolute Gasteiger partial charge is 0.476 e. The minimum Gasteiger partial charge on any atom is -0.476 e. The number of alkyl halides is 3. The van der Waals surface area contributed by atoms with Crippen LogP contribution in [0.2, 0.25) is 5.15 Å². The SMILES string of the molecule is Cc1n[nH]cc1SNC(=O)c1ccc(-n2ccc(OCC(C)(C)C(F)(F)F)n2)nc1Cl. The highest BCUT2D eigenvalue weighted by Gasteiger charge is 2.48. The van der Waals surface area contributed by atoms with E-state index in [1.165, 1.54) is 29.1 Å². The van der Waals surface area contributed by atoms with Gasteiger partial charge in [0.1, 0.15) is 11.8 Å². The summed E-state index contributed by atoms with van der Waals surface area (Å²) in [6, 6.07) is 4.38. The van der Waals surface area contributed by atoms with Crippen LogP contribution < -0.4 is 9.46 Å². The van der Waals surface area contributed by atoms with Gasteiger partial charge >= 0.3 is 6.18 Å². The molecule has 3 rings (SSSR count). The van der Waals surface area contributed by atoms with E-state index in [2.05, 4.69) is 25.0 Å². The fourth-order valence-electron chi connectivity index (χ4n) is 2.18. The van der Waals surface area contributed by atoms with E-state index in [1.54, 1.807) is 13.1 Å². The zero-order valence-electron chi connectivity index (χ0n) is 16.6. The second-order valence-corrected chi connectivity index (χ2v) is 8.35. The Morgan fingerprint density at radius 2 is 2.06 bits per heavy atom. The number of carbonyl (C=O) groups excluding carboxylic acids is 1. The predicted molar refractivity (Wildman–Crippen MR) is 108 cm³/mol. The highest BCUT2D eigenvalue weighted by Crippen LogP contribution is 2.37. The number of nitrogens with zero attached hydrogens (tertiary/aromatic N) is 4. The third-order valence-corrected chi connectivity index (χ3v) is 5.47. The van der Waals surface area contributed by atoms with Gasteiger partial charge in [0, 0.05) is 18.5 Å². The summed E-state index contributed by atoms with van der Waals surface area (Å²) < 4.78 is 47.9. The summed E-state index contributed by atoms with van der Waals surface area (Å²) in [6.07, 6.45) is -1.29. The molecule has 0 aliphatic rings. The van der Waals surface area contributed by atoms with Gasteiger partial charge in [-0.1, -0.05) is 11.6 Å². The zero-order chi connectivity index (χ0) is 22.8. The van der Waals surface area contributed by atoms with Crippen LogP contribution in [0.25, 0.3) is 5.82 Å². The number of H-pyrrole nitrogens is 1. The van der Waals surface area contributed by atoms with Crippen LogP contribution in [0.3, 0.4) is 0 Å². The molecule has 3 heterocycles. The normalized spacial score (nSPS) is 12.1. The van der Waals surface area contributed by atoms with Crippen LogP contribution in [0.5, 0.6) is 5.88 Å². The van der Waals surface area contributed by atoms with Crippen molar-refractivity contribution in [3.8, 4) is 11.7 Å². The Morgan fingerprint density at radius 1 is 1.32 bits per heavy atom. The van der Waals surface area contributed by atoms with Gasteiger partial charge in [-0.3, -0.25) is 14.6 Å². The fourth-order valence-corrected chi connectivity index (χ4v) is 3.03. The first-order valence-corrected chi connectivity index (χ1v) is 10.1. The number of aryl methyl sites for hydroxylation is 1. The van der Waals surface area contributed by atoms with Crippen molar-refractivity contribution < 1.29 is 22.7 Å². The van der Waals surface area contributed by atoms with Crippen molar-refractivity contribution in [3.05, 3.63) is 47.0 Å². The highest BCUT2D eigenvalue weighted by molar-refractivity contribution is 7.98. The molecule has 166 valence electrons. The molecule has 3 aromatic rings. The molecule has 0 aliphatic heterocycles. The number of aromatic nitrogens is 5. The third-order valence-electron chi connectivity index (χ3n) is 4.26. The molecule has 31 heavy (non-hydrogen) atoms. The maximum absolute atomic E-state index is 12.9. The molecule has 2 N–H and O–H groups in total. The third kappa shape index (κ3) is 5.31. The summed E-state index contributed by atoms with van der Waals surface area (Å²) in [6.45, 7) is 3.29. The number of pyridine rings is 1. The van der Waals surface area contributed by atoms with E-state index in [9.17, 15) is 18.0 Å². The number of ether oxygens (including phenoxy) is 1. The van der Waals surface area contributed by atoms with Crippen molar-refractivity contribution in [1.82, 2.24) is 29.7 Å². The Balaban J connectivity index is 1.66. The molecule has 0 saturated heterocycles. The standard InChI is InChI=1S/C18H18ClF3N6O2S/c1-10-12(8-23-25-10)31-27-16(29)11-4-5-13(24-15(11)19)28-7-6-14(26-28)30-9-17(2,3)18(20,21)22/h4-8H,9H2,1-3H3,(H,23,25)(H,27,29). The maximum atomic E-state index is 12.9. The first kappa shape index (κ1) is 22.9. The molecule has 0 fully saturated rings. The summed E-state index contributed by atoms with van der Waals surface area (Å²) >= 11 is 7.23. The molecule has 0 aromatic carbocycles. The van der Waals surface area contributed by atoms with Crippen LogP contribution >= 0.6 is 23.5 Å². The molecule has 0 spiro atoms. The zero-order valence-corrected chi connectivity index (χ0v) is 18.2. The molecule has 0 bridgehead atoms. The molecule has 1 amide bonds. The number of hydrogen-bond donors (Lipinski definition) is 2. The summed E-state index contributed by atoms with van der Waals surface area (Å²) in [5.41, 5.74) is -1.14. The summed E-state index contributed by atoms with van der Waals surface area (Å²) in [5.74, 6) is -0.178. The highest BCUT2D eigenvalue weighted by atomic mass is 35.5. The number of nitrogens with one attached hydrogen (secondary N) is 2. The van der Waals surface area contributed by atoms with Gasteiger partial charge in [-0.15, -0.1) is 5.10 Å². The minimum absolute atomic E-state index is 0.00366. The van der Waals surface area contributed by atoms with Gasteiger partial charge in [-0.25, -0.2) is 9.67 Å². The van der Waals surface area contributed by atoms with E-state index in [0.717, 1.165) is 36.4 Å². The summed E-state index contributed by atoms with van der Waals surface area (Å²) in [7, 11) is 0. The average Bonchev–Trinajstić information content (AvgIpc) is 3.32. The average molecular weight is 475 g/mol. The van der Waals surface area contributed by atoms with E-state index >= 15 is 0 Å². The van der Waals surface area contributed by atoms with Gasteiger partial charge in [0.15, 0.2) is 5.82 Å². The number of carbonyl (C=O) groups is 1. The molecule has 0 unspecified atom stereocenters. The molecule has 8 nitrogen and oxygen atoms in total. The van der Waals surface area contributed by atoms with Crippen molar-refractivity contribution >= 4 is 29.5 Å². The first-order valence-electron chi connectivity index (χ1n) is 8.87. The van der Waals surface area contributed by atoms with Crippen LogP contribution in [-0.2, 0) is 0 Å². The second-order valence-electron chi connectivity index (χ2n) is 7.14. The predicted octanol–water partition coefficient (Wildman–Crippen LogP) is 4.36. The van der Waals surface area contributed by atoms with Crippen LogP contribution in [0.4, 0.5) is 13.2 Å². The summed E-state index contributed by atoms with van der Waals surface area (Å²) in [5, 5.41) is 10.6. The lowest BCUT2D eigenvalue weighted by Crippen LogP contribution is -2.37. The number of hydrogen-bond acceptors (Lipinski definition) is 6. The van der Waals surface area contributed by atoms with Crippen LogP contribution in [-0.4, -0.2) is 43.7 Å². The first-order chi connectivity index (χ1) is 14.5. The van der Waals surface area contributed by atoms with Crippen LogP contribution in [0.15, 0.2) is 35.5 Å². The number of halogens is 4. The van der Waals surface area contributed by atoms with E-state index in [0.29, 0.717) is 0 Å². The van der Waals surface area contributed by atoms with Crippen molar-refractivity contribution in [1.29, 1.82) is 0 Å². The number of aromatic amines is 1. The van der Waals surface area contributed by atoms with Crippen molar-refractivity contribution in [2.24, 2.45) is 5.41 Å². The smallest absolute Gasteiger partial charge is 0.397 e. The Bertz CT molecular complexity index is 1080. The van der Waals surface area contributed by atoms with E-state index in [1.807, 2.05) is 0 Å². The molecule has 0 saturated carbocycles. The fraction of sp³-hybridized carbons (Fsp3) is 0.333. The molecule has 0 aliphatic carbocycles. The Kier molecular flexibility index (Phi) is 6.51. The van der Waals surface area contributed by atoms with Gasteiger partial charge in [0.25, 0.3) is 5.91 Å². The second kappa shape index (κ2) is 8.79. The van der Waals surface area contributed by atoms with Crippen molar-refractivity contribution in [3.63, 3.8) is 0 Å². The Hall–Kier alpha value is -2.73. The minimum atomic E-state index is -4.41.